The monoisotopic (exact) mass is 573 g/mol. The molecule has 33 heavy (non-hydrogen) atoms. The van der Waals surface area contributed by atoms with Crippen molar-refractivity contribution < 1.29 is 18.3 Å². The number of aliphatic imine (C=N–C) groups is 1. The Hall–Kier alpha value is -2.18. The summed E-state index contributed by atoms with van der Waals surface area (Å²) in [5.41, 5.74) is 1.01. The number of nitrogens with one attached hydrogen (secondary N) is 2. The predicted octanol–water partition coefficient (Wildman–Crippen LogP) is 2.28. The maximum Gasteiger partial charge on any atom is 0.243 e. The van der Waals surface area contributed by atoms with Crippen molar-refractivity contribution in [1.82, 2.24) is 20.4 Å². The Morgan fingerprint density at radius 2 is 1.91 bits per heavy atom. The minimum absolute atomic E-state index is 0. The van der Waals surface area contributed by atoms with E-state index in [4.69, 9.17) is 9.15 Å². The van der Waals surface area contributed by atoms with Gasteiger partial charge in [0.25, 0.3) is 0 Å². The third-order valence-electron chi connectivity index (χ3n) is 5.32. The van der Waals surface area contributed by atoms with Gasteiger partial charge in [-0.3, -0.25) is 9.69 Å². The topological polar surface area (TPSA) is 82.3 Å². The quantitative estimate of drug-likeness (QED) is 0.272. The Balaban J connectivity index is 0.00000385. The zero-order chi connectivity index (χ0) is 22.8. The Labute approximate surface area is 211 Å². The van der Waals surface area contributed by atoms with Crippen molar-refractivity contribution in [2.75, 3.05) is 60.0 Å². The number of ether oxygens (including phenoxy) is 1. The molecule has 2 N–H and O–H groups in total. The molecule has 1 saturated heterocycles. The van der Waals surface area contributed by atoms with Gasteiger partial charge in [-0.15, -0.1) is 24.0 Å². The maximum absolute atomic E-state index is 13.5. The molecular weight excluding hydrogens is 540 g/mol. The molecule has 2 aromatic rings. The van der Waals surface area contributed by atoms with Crippen molar-refractivity contribution in [3.63, 3.8) is 0 Å². The third-order valence-corrected chi connectivity index (χ3v) is 5.32. The zero-order valence-electron chi connectivity index (χ0n) is 19.1. The zero-order valence-corrected chi connectivity index (χ0v) is 21.5. The van der Waals surface area contributed by atoms with Crippen LogP contribution in [0.2, 0.25) is 0 Å². The van der Waals surface area contributed by atoms with Crippen molar-refractivity contribution in [1.29, 1.82) is 0 Å². The van der Waals surface area contributed by atoms with Gasteiger partial charge in [-0.2, -0.15) is 0 Å². The van der Waals surface area contributed by atoms with Crippen molar-refractivity contribution in [3.8, 4) is 0 Å². The molecule has 0 bridgehead atoms. The first kappa shape index (κ1) is 27.1. The number of benzene rings is 1. The summed E-state index contributed by atoms with van der Waals surface area (Å²) in [5.74, 6) is 1.08. The molecule has 1 aliphatic rings. The highest BCUT2D eigenvalue weighted by Gasteiger charge is 2.23. The van der Waals surface area contributed by atoms with Gasteiger partial charge >= 0.3 is 0 Å². The highest BCUT2D eigenvalue weighted by Crippen LogP contribution is 2.21. The van der Waals surface area contributed by atoms with E-state index < -0.39 is 0 Å². The molecule has 1 unspecified atom stereocenters. The lowest BCUT2D eigenvalue weighted by Crippen LogP contribution is -2.47. The fourth-order valence-electron chi connectivity index (χ4n) is 3.45. The summed E-state index contributed by atoms with van der Waals surface area (Å²) >= 11 is 0. The van der Waals surface area contributed by atoms with Crippen LogP contribution in [-0.2, 0) is 16.0 Å². The van der Waals surface area contributed by atoms with E-state index in [0.717, 1.165) is 24.4 Å². The summed E-state index contributed by atoms with van der Waals surface area (Å²) in [4.78, 5) is 20.3. The van der Waals surface area contributed by atoms with Gasteiger partial charge in [0.1, 0.15) is 18.1 Å². The van der Waals surface area contributed by atoms with Crippen molar-refractivity contribution in [3.05, 3.63) is 59.8 Å². The Morgan fingerprint density at radius 3 is 2.55 bits per heavy atom. The van der Waals surface area contributed by atoms with Gasteiger partial charge in [0.15, 0.2) is 5.96 Å². The van der Waals surface area contributed by atoms with E-state index in [1.54, 1.807) is 20.4 Å². The molecule has 3 rings (SSSR count). The lowest BCUT2D eigenvalue weighted by molar-refractivity contribution is -0.127. The third kappa shape index (κ3) is 8.94. The van der Waals surface area contributed by atoms with E-state index in [2.05, 4.69) is 20.5 Å². The fraction of sp³-hybridized carbons (Fsp3) is 0.478. The van der Waals surface area contributed by atoms with E-state index in [9.17, 15) is 9.18 Å². The van der Waals surface area contributed by atoms with Crippen LogP contribution in [0, 0.1) is 5.82 Å². The number of furan rings is 1. The number of hydrogen-bond donors (Lipinski definition) is 2. The maximum atomic E-state index is 13.5. The number of likely N-dealkylation sites (N-methyl/N-ethyl adjacent to an activating group) is 1. The van der Waals surface area contributed by atoms with Crippen molar-refractivity contribution in [2.24, 2.45) is 4.99 Å². The average molecular weight is 573 g/mol. The van der Waals surface area contributed by atoms with E-state index in [0.29, 0.717) is 38.7 Å². The molecule has 1 aromatic heterocycles. The first-order valence-electron chi connectivity index (χ1n) is 10.8. The standard InChI is InChI=1S/C23H32FN5O3.HI/c1-28(2)22(30)17-27-23(25-10-9-20-4-3-13-32-20)26-16-21(29-11-14-31-15-12-29)18-5-7-19(24)8-6-18;/h3-8,13,21H,9-12,14-17H2,1-2H3,(H2,25,26,27);1H. The summed E-state index contributed by atoms with van der Waals surface area (Å²) in [6.07, 6.45) is 2.34. The van der Waals surface area contributed by atoms with Gasteiger partial charge in [-0.25, -0.2) is 9.38 Å². The van der Waals surface area contributed by atoms with E-state index in [-0.39, 0.29) is 48.3 Å². The van der Waals surface area contributed by atoms with Crippen molar-refractivity contribution in [2.45, 2.75) is 12.5 Å². The molecule has 10 heteroatoms. The molecule has 0 spiro atoms. The molecule has 1 fully saturated rings. The van der Waals surface area contributed by atoms with Gasteiger partial charge in [0.05, 0.1) is 25.5 Å². The van der Waals surface area contributed by atoms with Gasteiger partial charge in [-0.1, -0.05) is 12.1 Å². The molecule has 1 amide bonds. The number of amides is 1. The van der Waals surface area contributed by atoms with Crippen LogP contribution in [0.1, 0.15) is 17.4 Å². The minimum atomic E-state index is -0.258. The molecule has 2 heterocycles. The molecule has 1 aliphatic heterocycles. The fourth-order valence-corrected chi connectivity index (χ4v) is 3.45. The number of guanidine groups is 1. The Bertz CT molecular complexity index is 855. The van der Waals surface area contributed by atoms with Crippen LogP contribution in [0.15, 0.2) is 52.1 Å². The van der Waals surface area contributed by atoms with E-state index >= 15 is 0 Å². The lowest BCUT2D eigenvalue weighted by Gasteiger charge is -2.35. The van der Waals surface area contributed by atoms with Crippen LogP contribution in [0.3, 0.4) is 0 Å². The van der Waals surface area contributed by atoms with E-state index in [1.165, 1.54) is 17.0 Å². The number of nitrogens with zero attached hydrogens (tertiary/aromatic N) is 3. The summed E-state index contributed by atoms with van der Waals surface area (Å²) in [7, 11) is 3.41. The molecule has 0 saturated carbocycles. The number of halogens is 2. The van der Waals surface area contributed by atoms with Crippen LogP contribution in [-0.4, -0.2) is 81.7 Å². The molecular formula is C23H33FIN5O3. The van der Waals surface area contributed by atoms with Crippen LogP contribution in [0.4, 0.5) is 4.39 Å². The number of carbonyl (C=O) groups excluding carboxylic acids is 1. The SMILES string of the molecule is CN(C)C(=O)CN=C(NCCc1ccco1)NCC(c1ccc(F)cc1)N1CCOCC1.I. The van der Waals surface area contributed by atoms with Crippen LogP contribution in [0.25, 0.3) is 0 Å². The smallest absolute Gasteiger partial charge is 0.243 e. The Kier molecular flexibility index (Phi) is 11.6. The number of hydrogen-bond acceptors (Lipinski definition) is 5. The highest BCUT2D eigenvalue weighted by atomic mass is 127. The van der Waals surface area contributed by atoms with Gasteiger partial charge in [-0.05, 0) is 29.8 Å². The normalized spacial score (nSPS) is 15.4. The molecule has 0 radical (unpaired) electrons. The number of morpholine rings is 1. The van der Waals surface area contributed by atoms with Crippen LogP contribution < -0.4 is 10.6 Å². The summed E-state index contributed by atoms with van der Waals surface area (Å²) in [5, 5.41) is 6.64. The molecule has 1 atom stereocenters. The van der Waals surface area contributed by atoms with Gasteiger partial charge in [0.2, 0.25) is 5.91 Å². The average Bonchev–Trinajstić information content (AvgIpc) is 3.32. The van der Waals surface area contributed by atoms with Crippen molar-refractivity contribution >= 4 is 35.8 Å². The Morgan fingerprint density at radius 1 is 1.18 bits per heavy atom. The van der Waals surface area contributed by atoms with Crippen LogP contribution in [0.5, 0.6) is 0 Å². The highest BCUT2D eigenvalue weighted by molar-refractivity contribution is 14.0. The second-order valence-electron chi connectivity index (χ2n) is 7.81. The summed E-state index contributed by atoms with van der Waals surface area (Å²) in [6.45, 7) is 4.11. The minimum Gasteiger partial charge on any atom is -0.469 e. The summed E-state index contributed by atoms with van der Waals surface area (Å²) in [6, 6.07) is 10.4. The second kappa shape index (κ2) is 14.2. The van der Waals surface area contributed by atoms with Gasteiger partial charge in [0, 0.05) is 46.7 Å². The second-order valence-corrected chi connectivity index (χ2v) is 7.81. The molecule has 1 aromatic carbocycles. The first-order chi connectivity index (χ1) is 15.5. The molecule has 0 aliphatic carbocycles. The predicted molar refractivity (Wildman–Crippen MR) is 136 cm³/mol. The summed E-state index contributed by atoms with van der Waals surface area (Å²) < 4.78 is 24.4. The lowest BCUT2D eigenvalue weighted by atomic mass is 10.0. The largest absolute Gasteiger partial charge is 0.469 e. The van der Waals surface area contributed by atoms with E-state index in [1.807, 2.05) is 24.3 Å². The molecule has 8 nitrogen and oxygen atoms in total. The molecule has 182 valence electrons. The van der Waals surface area contributed by atoms with Crippen LogP contribution >= 0.6 is 24.0 Å². The van der Waals surface area contributed by atoms with Gasteiger partial charge < -0.3 is 24.7 Å². The first-order valence-corrected chi connectivity index (χ1v) is 10.8. The number of rotatable bonds is 9. The number of carbonyl (C=O) groups is 1.